The molecule has 1 fully saturated rings. The first kappa shape index (κ1) is 12.1. The molecule has 0 aromatic carbocycles. The average molecular weight is 236 g/mol. The monoisotopic (exact) mass is 236 g/mol. The van der Waals surface area contributed by atoms with Gasteiger partial charge in [-0.3, -0.25) is 4.79 Å². The third-order valence-corrected chi connectivity index (χ3v) is 3.13. The van der Waals surface area contributed by atoms with Crippen LogP contribution in [0.5, 0.6) is 0 Å². The van der Waals surface area contributed by atoms with Crippen LogP contribution in [0.3, 0.4) is 0 Å². The Balaban J connectivity index is 2.21. The SMILES string of the molecule is Cc1cc([C@H]2CCCN2C(=O)C(C)(C)C)on1. The number of amides is 1. The van der Waals surface area contributed by atoms with Crippen LogP contribution in [-0.4, -0.2) is 22.5 Å². The minimum absolute atomic E-state index is 0.0722. The smallest absolute Gasteiger partial charge is 0.228 e. The van der Waals surface area contributed by atoms with Crippen molar-refractivity contribution in [3.05, 3.63) is 17.5 Å². The maximum Gasteiger partial charge on any atom is 0.228 e. The van der Waals surface area contributed by atoms with E-state index in [-0.39, 0.29) is 17.4 Å². The molecule has 1 aromatic heterocycles. The van der Waals surface area contributed by atoms with Crippen molar-refractivity contribution in [2.24, 2.45) is 5.41 Å². The fourth-order valence-electron chi connectivity index (χ4n) is 2.28. The molecular formula is C13H20N2O2. The standard InChI is InChI=1S/C13H20N2O2/c1-9-8-11(17-14-9)10-6-5-7-15(10)12(16)13(2,3)4/h8,10H,5-7H2,1-4H3/t10-/m1/s1. The lowest BCUT2D eigenvalue weighted by Crippen LogP contribution is -2.38. The largest absolute Gasteiger partial charge is 0.359 e. The Bertz CT molecular complexity index is 417. The highest BCUT2D eigenvalue weighted by atomic mass is 16.5. The summed E-state index contributed by atoms with van der Waals surface area (Å²) in [5.74, 6) is 1.01. The van der Waals surface area contributed by atoms with E-state index in [2.05, 4.69) is 5.16 Å². The van der Waals surface area contributed by atoms with Crippen molar-refractivity contribution in [1.82, 2.24) is 10.1 Å². The van der Waals surface area contributed by atoms with Gasteiger partial charge in [0.2, 0.25) is 5.91 Å². The van der Waals surface area contributed by atoms with Gasteiger partial charge in [0.05, 0.1) is 11.7 Å². The fraction of sp³-hybridized carbons (Fsp3) is 0.692. The van der Waals surface area contributed by atoms with Gasteiger partial charge in [-0.15, -0.1) is 0 Å². The molecule has 1 atom stereocenters. The molecule has 2 rings (SSSR count). The number of likely N-dealkylation sites (tertiary alicyclic amines) is 1. The summed E-state index contributed by atoms with van der Waals surface area (Å²) in [6, 6.07) is 2.00. The number of carbonyl (C=O) groups is 1. The maximum absolute atomic E-state index is 12.3. The molecular weight excluding hydrogens is 216 g/mol. The number of aryl methyl sites for hydroxylation is 1. The number of rotatable bonds is 1. The van der Waals surface area contributed by atoms with Gasteiger partial charge in [-0.1, -0.05) is 25.9 Å². The third-order valence-electron chi connectivity index (χ3n) is 3.13. The minimum atomic E-state index is -0.336. The Morgan fingerprint density at radius 3 is 2.76 bits per heavy atom. The van der Waals surface area contributed by atoms with E-state index in [1.165, 1.54) is 0 Å². The van der Waals surface area contributed by atoms with E-state index in [4.69, 9.17) is 4.52 Å². The highest BCUT2D eigenvalue weighted by Gasteiger charge is 2.37. The summed E-state index contributed by atoms with van der Waals surface area (Å²) in [7, 11) is 0. The highest BCUT2D eigenvalue weighted by molar-refractivity contribution is 5.82. The van der Waals surface area contributed by atoms with Gasteiger partial charge in [0.15, 0.2) is 5.76 Å². The maximum atomic E-state index is 12.3. The third kappa shape index (κ3) is 2.35. The van der Waals surface area contributed by atoms with Crippen LogP contribution in [0.4, 0.5) is 0 Å². The first-order chi connectivity index (χ1) is 7.89. The van der Waals surface area contributed by atoms with Gasteiger partial charge < -0.3 is 9.42 Å². The molecule has 0 spiro atoms. The molecule has 0 saturated carbocycles. The Kier molecular flexibility index (Phi) is 2.98. The van der Waals surface area contributed by atoms with E-state index in [1.54, 1.807) is 0 Å². The molecule has 4 nitrogen and oxygen atoms in total. The van der Waals surface area contributed by atoms with Gasteiger partial charge in [-0.25, -0.2) is 0 Å². The van der Waals surface area contributed by atoms with E-state index >= 15 is 0 Å². The number of hydrogen-bond acceptors (Lipinski definition) is 3. The lowest BCUT2D eigenvalue weighted by Gasteiger charge is -2.29. The van der Waals surface area contributed by atoms with Crippen LogP contribution in [0.15, 0.2) is 10.6 Å². The second-order valence-corrected chi connectivity index (χ2v) is 5.78. The normalized spacial score (nSPS) is 20.9. The first-order valence-electron chi connectivity index (χ1n) is 6.14. The summed E-state index contributed by atoms with van der Waals surface area (Å²) in [6.07, 6.45) is 2.00. The number of hydrogen-bond donors (Lipinski definition) is 0. The van der Waals surface area contributed by atoms with Crippen LogP contribution in [0.1, 0.15) is 51.1 Å². The second kappa shape index (κ2) is 4.17. The van der Waals surface area contributed by atoms with Crippen molar-refractivity contribution in [3.8, 4) is 0 Å². The Morgan fingerprint density at radius 1 is 1.53 bits per heavy atom. The van der Waals surface area contributed by atoms with Gasteiger partial charge >= 0.3 is 0 Å². The molecule has 0 radical (unpaired) electrons. The van der Waals surface area contributed by atoms with Crippen molar-refractivity contribution in [2.45, 2.75) is 46.6 Å². The molecule has 1 aliphatic rings. The minimum Gasteiger partial charge on any atom is -0.359 e. The molecule has 0 bridgehead atoms. The van der Waals surface area contributed by atoms with Crippen LogP contribution >= 0.6 is 0 Å². The average Bonchev–Trinajstić information content (AvgIpc) is 2.82. The Morgan fingerprint density at radius 2 is 2.24 bits per heavy atom. The van der Waals surface area contributed by atoms with E-state index < -0.39 is 0 Å². The van der Waals surface area contributed by atoms with Crippen LogP contribution in [0.2, 0.25) is 0 Å². The molecule has 17 heavy (non-hydrogen) atoms. The number of nitrogens with zero attached hydrogens (tertiary/aromatic N) is 2. The molecule has 1 amide bonds. The highest BCUT2D eigenvalue weighted by Crippen LogP contribution is 2.35. The van der Waals surface area contributed by atoms with Crippen LogP contribution in [0, 0.1) is 12.3 Å². The van der Waals surface area contributed by atoms with Crippen LogP contribution in [0.25, 0.3) is 0 Å². The number of carbonyl (C=O) groups excluding carboxylic acids is 1. The quantitative estimate of drug-likeness (QED) is 0.753. The van der Waals surface area contributed by atoms with Gasteiger partial charge in [0.1, 0.15) is 0 Å². The van der Waals surface area contributed by atoms with E-state index in [9.17, 15) is 4.79 Å². The van der Waals surface area contributed by atoms with Crippen molar-refractivity contribution in [2.75, 3.05) is 6.54 Å². The zero-order chi connectivity index (χ0) is 12.6. The summed E-state index contributed by atoms with van der Waals surface area (Å²) in [5.41, 5.74) is 0.535. The predicted molar refractivity (Wildman–Crippen MR) is 64.4 cm³/mol. The lowest BCUT2D eigenvalue weighted by atomic mass is 9.94. The molecule has 2 heterocycles. The van der Waals surface area contributed by atoms with Crippen molar-refractivity contribution in [3.63, 3.8) is 0 Å². The Hall–Kier alpha value is -1.32. The van der Waals surface area contributed by atoms with Gasteiger partial charge in [-0.2, -0.15) is 0 Å². The van der Waals surface area contributed by atoms with Gasteiger partial charge in [0, 0.05) is 18.0 Å². The summed E-state index contributed by atoms with van der Waals surface area (Å²) in [6.45, 7) is 8.58. The molecule has 1 saturated heterocycles. The zero-order valence-electron chi connectivity index (χ0n) is 11.0. The summed E-state index contributed by atoms with van der Waals surface area (Å²) in [5, 5.41) is 3.90. The molecule has 1 aliphatic heterocycles. The van der Waals surface area contributed by atoms with Crippen molar-refractivity contribution in [1.29, 1.82) is 0 Å². The first-order valence-corrected chi connectivity index (χ1v) is 6.14. The van der Waals surface area contributed by atoms with E-state index in [0.29, 0.717) is 0 Å². The molecule has 94 valence electrons. The van der Waals surface area contributed by atoms with Crippen molar-refractivity contribution < 1.29 is 9.32 Å². The predicted octanol–water partition coefficient (Wildman–Crippen LogP) is 2.69. The Labute approximate surface area is 102 Å². The summed E-state index contributed by atoms with van der Waals surface area (Å²) < 4.78 is 5.30. The van der Waals surface area contributed by atoms with E-state index in [1.807, 2.05) is 38.7 Å². The van der Waals surface area contributed by atoms with Gasteiger partial charge in [-0.05, 0) is 19.8 Å². The molecule has 1 aromatic rings. The molecule has 0 aliphatic carbocycles. The van der Waals surface area contributed by atoms with E-state index in [0.717, 1.165) is 30.8 Å². The summed E-state index contributed by atoms with van der Waals surface area (Å²) in [4.78, 5) is 14.3. The van der Waals surface area contributed by atoms with Crippen LogP contribution < -0.4 is 0 Å². The second-order valence-electron chi connectivity index (χ2n) is 5.78. The van der Waals surface area contributed by atoms with Gasteiger partial charge in [0.25, 0.3) is 0 Å². The van der Waals surface area contributed by atoms with Crippen LogP contribution in [-0.2, 0) is 4.79 Å². The molecule has 0 N–H and O–H groups in total. The molecule has 0 unspecified atom stereocenters. The lowest BCUT2D eigenvalue weighted by molar-refractivity contribution is -0.140. The fourth-order valence-corrected chi connectivity index (χ4v) is 2.28. The van der Waals surface area contributed by atoms with Crippen molar-refractivity contribution >= 4 is 5.91 Å². The molecule has 4 heteroatoms. The topological polar surface area (TPSA) is 46.3 Å². The summed E-state index contributed by atoms with van der Waals surface area (Å²) >= 11 is 0. The zero-order valence-corrected chi connectivity index (χ0v) is 11.0. The number of aromatic nitrogens is 1.